The van der Waals surface area contributed by atoms with Crippen LogP contribution in [0.25, 0.3) is 0 Å². The lowest BCUT2D eigenvalue weighted by Crippen LogP contribution is -2.14. The fourth-order valence-electron chi connectivity index (χ4n) is 3.92. The molecule has 0 amide bonds. The highest BCUT2D eigenvalue weighted by molar-refractivity contribution is 5.97. The van der Waals surface area contributed by atoms with Crippen molar-refractivity contribution in [1.82, 2.24) is 0 Å². The maximum Gasteiger partial charge on any atom is 0.343 e. The Morgan fingerprint density at radius 3 is 1.93 bits per heavy atom. The van der Waals surface area contributed by atoms with Crippen molar-refractivity contribution < 1.29 is 42.9 Å². The molecule has 0 aliphatic carbocycles. The van der Waals surface area contributed by atoms with Gasteiger partial charge < -0.3 is 23.7 Å². The van der Waals surface area contributed by atoms with E-state index in [4.69, 9.17) is 23.7 Å². The van der Waals surface area contributed by atoms with E-state index < -0.39 is 23.9 Å². The van der Waals surface area contributed by atoms with Gasteiger partial charge in [-0.3, -0.25) is 0 Å². The summed E-state index contributed by atoms with van der Waals surface area (Å²) in [5.41, 5.74) is 1.55. The Kier molecular flexibility index (Phi) is 13.7. The Labute approximate surface area is 257 Å². The van der Waals surface area contributed by atoms with Gasteiger partial charge in [0.15, 0.2) is 0 Å². The highest BCUT2D eigenvalue weighted by Gasteiger charge is 2.20. The molecule has 0 aromatic heterocycles. The number of aryl methyl sites for hydroxylation is 1. The van der Waals surface area contributed by atoms with Crippen molar-refractivity contribution in [3.05, 3.63) is 102 Å². The number of unbranched alkanes of at least 4 members (excludes halogenated alkanes) is 4. The summed E-state index contributed by atoms with van der Waals surface area (Å²) in [7, 11) is 0. The normalized spacial score (nSPS) is 10.4. The van der Waals surface area contributed by atoms with E-state index in [-0.39, 0.29) is 35.8 Å². The highest BCUT2D eigenvalue weighted by Crippen LogP contribution is 2.27. The minimum Gasteiger partial charge on any atom is -0.494 e. The van der Waals surface area contributed by atoms with Gasteiger partial charge >= 0.3 is 23.9 Å². The molecule has 0 unspecified atom stereocenters. The van der Waals surface area contributed by atoms with Crippen LogP contribution in [0.1, 0.15) is 82.1 Å². The summed E-state index contributed by atoms with van der Waals surface area (Å²) in [4.78, 5) is 49.7. The van der Waals surface area contributed by atoms with Crippen LogP contribution in [0.3, 0.4) is 0 Å². The number of hydrogen-bond donors (Lipinski definition) is 0. The summed E-state index contributed by atoms with van der Waals surface area (Å²) < 4.78 is 27.1. The fraction of sp³-hybridized carbons (Fsp3) is 0.314. The van der Waals surface area contributed by atoms with Crippen molar-refractivity contribution in [1.29, 1.82) is 0 Å². The molecule has 0 aliphatic heterocycles. The first-order chi connectivity index (χ1) is 21.3. The first-order valence-corrected chi connectivity index (χ1v) is 14.6. The molecule has 0 saturated heterocycles. The molecule has 9 nitrogen and oxygen atoms in total. The third kappa shape index (κ3) is 11.1. The van der Waals surface area contributed by atoms with Crippen molar-refractivity contribution in [2.45, 2.75) is 52.4 Å². The van der Waals surface area contributed by atoms with E-state index >= 15 is 0 Å². The van der Waals surface area contributed by atoms with Crippen LogP contribution in [0.15, 0.2) is 79.4 Å². The molecule has 0 fully saturated rings. The molecule has 0 radical (unpaired) electrons. The lowest BCUT2D eigenvalue weighted by molar-refractivity contribution is -0.137. The van der Waals surface area contributed by atoms with Crippen LogP contribution >= 0.6 is 0 Å². The van der Waals surface area contributed by atoms with Crippen LogP contribution in [0.5, 0.6) is 17.2 Å². The summed E-state index contributed by atoms with van der Waals surface area (Å²) in [5.74, 6) is -1.81. The Bertz CT molecular complexity index is 1410. The summed E-state index contributed by atoms with van der Waals surface area (Å²) in [5, 5.41) is 0. The van der Waals surface area contributed by atoms with Crippen LogP contribution in [0.4, 0.5) is 0 Å². The minimum absolute atomic E-state index is 0.0267. The van der Waals surface area contributed by atoms with Crippen molar-refractivity contribution >= 4 is 23.9 Å². The zero-order valence-corrected chi connectivity index (χ0v) is 25.2. The standard InChI is InChI=1S/C35H38O9/c1-4-6-7-8-23-42-35(39)30-24-29(43-33(37)26-13-11-25(3)12-14-26)19-20-31(30)44-34(38)27-15-17-28(18-16-27)40-21-9-10-22-41-32(36)5-2/h5,11-20,24H,2,4,6-10,21-23H2,1,3H3. The van der Waals surface area contributed by atoms with Crippen LogP contribution in [-0.2, 0) is 14.3 Å². The molecule has 44 heavy (non-hydrogen) atoms. The van der Waals surface area contributed by atoms with Crippen molar-refractivity contribution in [2.75, 3.05) is 19.8 Å². The average molecular weight is 603 g/mol. The monoisotopic (exact) mass is 602 g/mol. The SMILES string of the molecule is C=CC(=O)OCCCCOc1ccc(C(=O)Oc2ccc(OC(=O)c3ccc(C)cc3)cc2C(=O)OCCCCCC)cc1. The smallest absolute Gasteiger partial charge is 0.343 e. The lowest BCUT2D eigenvalue weighted by atomic mass is 10.1. The van der Waals surface area contributed by atoms with Gasteiger partial charge in [-0.1, -0.05) is 50.5 Å². The number of esters is 4. The number of rotatable bonds is 17. The number of benzene rings is 3. The Hall–Kier alpha value is -4.92. The molecular weight excluding hydrogens is 564 g/mol. The van der Waals surface area contributed by atoms with Crippen LogP contribution in [0, 0.1) is 6.92 Å². The number of carbonyl (C=O) groups is 4. The molecule has 0 heterocycles. The molecule has 9 heteroatoms. The lowest BCUT2D eigenvalue weighted by Gasteiger charge is -2.13. The second kappa shape index (κ2) is 17.9. The van der Waals surface area contributed by atoms with Gasteiger partial charge in [-0.25, -0.2) is 19.2 Å². The molecule has 3 rings (SSSR count). The molecule has 232 valence electrons. The summed E-state index contributed by atoms with van der Waals surface area (Å²) in [6.45, 7) is 8.24. The van der Waals surface area contributed by atoms with E-state index in [1.807, 2.05) is 6.92 Å². The van der Waals surface area contributed by atoms with Crippen molar-refractivity contribution in [3.63, 3.8) is 0 Å². The van der Waals surface area contributed by atoms with E-state index in [1.165, 1.54) is 18.2 Å². The molecule has 0 N–H and O–H groups in total. The minimum atomic E-state index is -0.694. The first-order valence-electron chi connectivity index (χ1n) is 14.6. The topological polar surface area (TPSA) is 114 Å². The van der Waals surface area contributed by atoms with Gasteiger partial charge in [-0.2, -0.15) is 0 Å². The summed E-state index contributed by atoms with van der Waals surface area (Å²) in [6, 6.07) is 17.4. The maximum absolute atomic E-state index is 13.0. The predicted molar refractivity (Wildman–Crippen MR) is 164 cm³/mol. The van der Waals surface area contributed by atoms with E-state index in [0.29, 0.717) is 37.2 Å². The fourth-order valence-corrected chi connectivity index (χ4v) is 3.92. The van der Waals surface area contributed by atoms with E-state index in [1.54, 1.807) is 48.5 Å². The average Bonchev–Trinajstić information content (AvgIpc) is 3.03. The zero-order chi connectivity index (χ0) is 31.7. The van der Waals surface area contributed by atoms with E-state index in [2.05, 4.69) is 13.5 Å². The van der Waals surface area contributed by atoms with Gasteiger partial charge in [-0.15, -0.1) is 0 Å². The van der Waals surface area contributed by atoms with E-state index in [9.17, 15) is 19.2 Å². The maximum atomic E-state index is 13.0. The third-order valence-corrected chi connectivity index (χ3v) is 6.41. The highest BCUT2D eigenvalue weighted by atomic mass is 16.6. The molecule has 3 aromatic rings. The van der Waals surface area contributed by atoms with Gasteiger partial charge in [0.1, 0.15) is 22.8 Å². The zero-order valence-electron chi connectivity index (χ0n) is 25.2. The van der Waals surface area contributed by atoms with Crippen LogP contribution < -0.4 is 14.2 Å². The molecular formula is C35H38O9. The van der Waals surface area contributed by atoms with Gasteiger partial charge in [0.2, 0.25) is 0 Å². The molecule has 3 aromatic carbocycles. The van der Waals surface area contributed by atoms with Gasteiger partial charge in [0.25, 0.3) is 0 Å². The number of hydrogen-bond acceptors (Lipinski definition) is 9. The number of ether oxygens (including phenoxy) is 5. The number of carbonyl (C=O) groups excluding carboxylic acids is 4. The van der Waals surface area contributed by atoms with Gasteiger partial charge in [0, 0.05) is 6.08 Å². The Morgan fingerprint density at radius 1 is 0.659 bits per heavy atom. The quantitative estimate of drug-likeness (QED) is 0.0693. The predicted octanol–water partition coefficient (Wildman–Crippen LogP) is 7.06. The second-order valence-corrected chi connectivity index (χ2v) is 9.95. The summed E-state index contributed by atoms with van der Waals surface area (Å²) in [6.07, 6.45) is 6.12. The van der Waals surface area contributed by atoms with Gasteiger partial charge in [-0.05, 0) is 80.8 Å². The van der Waals surface area contributed by atoms with Crippen molar-refractivity contribution in [3.8, 4) is 17.2 Å². The van der Waals surface area contributed by atoms with Crippen LogP contribution in [0.2, 0.25) is 0 Å². The second-order valence-electron chi connectivity index (χ2n) is 9.95. The van der Waals surface area contributed by atoms with Crippen LogP contribution in [-0.4, -0.2) is 43.7 Å². The third-order valence-electron chi connectivity index (χ3n) is 6.41. The molecule has 0 saturated carbocycles. The largest absolute Gasteiger partial charge is 0.494 e. The molecule has 0 aliphatic rings. The molecule has 0 bridgehead atoms. The Morgan fingerprint density at radius 2 is 1.25 bits per heavy atom. The molecule has 0 atom stereocenters. The first kappa shape index (κ1) is 33.6. The molecule has 0 spiro atoms. The van der Waals surface area contributed by atoms with Gasteiger partial charge in [0.05, 0.1) is 30.9 Å². The van der Waals surface area contributed by atoms with E-state index in [0.717, 1.165) is 30.9 Å². The summed E-state index contributed by atoms with van der Waals surface area (Å²) >= 11 is 0. The Balaban J connectivity index is 1.65. The van der Waals surface area contributed by atoms with Crippen molar-refractivity contribution in [2.24, 2.45) is 0 Å².